The van der Waals surface area contributed by atoms with Crippen LogP contribution in [-0.2, 0) is 6.54 Å². The van der Waals surface area contributed by atoms with Crippen LogP contribution in [-0.4, -0.2) is 24.0 Å². The molecule has 24 heavy (non-hydrogen) atoms. The van der Waals surface area contributed by atoms with Gasteiger partial charge in [-0.3, -0.25) is 4.98 Å². The van der Waals surface area contributed by atoms with Crippen LogP contribution in [0.4, 0.5) is 0 Å². The van der Waals surface area contributed by atoms with Crippen LogP contribution >= 0.6 is 24.0 Å². The zero-order valence-electron chi connectivity index (χ0n) is 14.6. The largest absolute Gasteiger partial charge is 0.357 e. The summed E-state index contributed by atoms with van der Waals surface area (Å²) in [7, 11) is 0. The Morgan fingerprint density at radius 3 is 2.50 bits per heavy atom. The summed E-state index contributed by atoms with van der Waals surface area (Å²) in [6.45, 7) is 8.67. The number of hydrogen-bond acceptors (Lipinski definition) is 2. The Morgan fingerprint density at radius 2 is 1.88 bits per heavy atom. The Morgan fingerprint density at radius 1 is 1.12 bits per heavy atom. The van der Waals surface area contributed by atoms with Gasteiger partial charge >= 0.3 is 0 Å². The standard InChI is InChI=1S/C19H26N4.HI/c1-4-20-19(23-14-18-7-5-6-12-21-18)22-13-16(3)17-10-8-15(2)9-11-17;/h5-12,16H,4,13-14H2,1-3H3,(H2,20,22,23);1H. The van der Waals surface area contributed by atoms with Crippen LogP contribution in [0.3, 0.4) is 0 Å². The first-order chi connectivity index (χ1) is 11.2. The third kappa shape index (κ3) is 6.86. The van der Waals surface area contributed by atoms with Gasteiger partial charge in [-0.1, -0.05) is 42.8 Å². The van der Waals surface area contributed by atoms with Crippen LogP contribution in [0.25, 0.3) is 0 Å². The third-order valence-electron chi connectivity index (χ3n) is 3.69. The molecule has 1 unspecified atom stereocenters. The smallest absolute Gasteiger partial charge is 0.191 e. The van der Waals surface area contributed by atoms with E-state index in [9.17, 15) is 0 Å². The van der Waals surface area contributed by atoms with E-state index in [2.05, 4.69) is 65.6 Å². The first-order valence-electron chi connectivity index (χ1n) is 8.17. The molecule has 1 heterocycles. The molecule has 0 spiro atoms. The SMILES string of the molecule is CCNC(=NCc1ccccn1)NCC(C)c1ccc(C)cc1.I. The molecule has 5 heteroatoms. The summed E-state index contributed by atoms with van der Waals surface area (Å²) >= 11 is 0. The van der Waals surface area contributed by atoms with Crippen LogP contribution in [0.5, 0.6) is 0 Å². The minimum Gasteiger partial charge on any atom is -0.357 e. The molecule has 2 N–H and O–H groups in total. The summed E-state index contributed by atoms with van der Waals surface area (Å²) in [5.74, 6) is 1.26. The highest BCUT2D eigenvalue weighted by Gasteiger charge is 2.06. The van der Waals surface area contributed by atoms with Crippen LogP contribution < -0.4 is 10.6 Å². The van der Waals surface area contributed by atoms with E-state index in [-0.39, 0.29) is 24.0 Å². The first-order valence-corrected chi connectivity index (χ1v) is 8.17. The van der Waals surface area contributed by atoms with Crippen molar-refractivity contribution in [2.24, 2.45) is 4.99 Å². The summed E-state index contributed by atoms with van der Waals surface area (Å²) < 4.78 is 0. The molecule has 0 bridgehead atoms. The van der Waals surface area contributed by atoms with Crippen LogP contribution in [0.1, 0.15) is 36.6 Å². The quantitative estimate of drug-likeness (QED) is 0.409. The average molecular weight is 438 g/mol. The number of pyridine rings is 1. The van der Waals surface area contributed by atoms with Crippen molar-refractivity contribution in [1.29, 1.82) is 0 Å². The second-order valence-corrected chi connectivity index (χ2v) is 5.71. The summed E-state index contributed by atoms with van der Waals surface area (Å²) in [5, 5.41) is 6.69. The molecule has 0 fully saturated rings. The minimum absolute atomic E-state index is 0. The molecule has 0 saturated heterocycles. The number of aryl methyl sites for hydroxylation is 1. The second kappa shape index (κ2) is 11.0. The lowest BCUT2D eigenvalue weighted by atomic mass is 10.0. The minimum atomic E-state index is 0. The van der Waals surface area contributed by atoms with E-state index < -0.39 is 0 Å². The highest BCUT2D eigenvalue weighted by atomic mass is 127. The lowest BCUT2D eigenvalue weighted by Crippen LogP contribution is -2.39. The lowest BCUT2D eigenvalue weighted by Gasteiger charge is -2.16. The zero-order valence-corrected chi connectivity index (χ0v) is 17.0. The van der Waals surface area contributed by atoms with E-state index in [1.165, 1.54) is 11.1 Å². The van der Waals surface area contributed by atoms with E-state index >= 15 is 0 Å². The van der Waals surface area contributed by atoms with Crippen molar-refractivity contribution in [2.75, 3.05) is 13.1 Å². The van der Waals surface area contributed by atoms with Gasteiger partial charge in [0.2, 0.25) is 0 Å². The Labute approximate surface area is 162 Å². The molecule has 0 aliphatic rings. The number of nitrogens with one attached hydrogen (secondary N) is 2. The van der Waals surface area contributed by atoms with E-state index in [0.29, 0.717) is 12.5 Å². The van der Waals surface area contributed by atoms with Gasteiger partial charge in [-0.25, -0.2) is 4.99 Å². The van der Waals surface area contributed by atoms with Gasteiger partial charge in [-0.2, -0.15) is 0 Å². The Balaban J connectivity index is 0.00000288. The summed E-state index contributed by atoms with van der Waals surface area (Å²) in [6.07, 6.45) is 1.80. The molecule has 0 amide bonds. The van der Waals surface area contributed by atoms with Gasteiger partial charge in [0.1, 0.15) is 0 Å². The summed E-state index contributed by atoms with van der Waals surface area (Å²) in [6, 6.07) is 14.6. The number of nitrogens with zero attached hydrogens (tertiary/aromatic N) is 2. The predicted molar refractivity (Wildman–Crippen MR) is 112 cm³/mol. The van der Waals surface area contributed by atoms with Gasteiger partial charge in [0.25, 0.3) is 0 Å². The van der Waals surface area contributed by atoms with Crippen molar-refractivity contribution < 1.29 is 0 Å². The number of halogens is 1. The topological polar surface area (TPSA) is 49.3 Å². The zero-order chi connectivity index (χ0) is 16.5. The van der Waals surface area contributed by atoms with E-state index in [1.54, 1.807) is 6.20 Å². The highest BCUT2D eigenvalue weighted by Crippen LogP contribution is 2.14. The summed E-state index contributed by atoms with van der Waals surface area (Å²) in [4.78, 5) is 8.89. The molecule has 0 aliphatic carbocycles. The van der Waals surface area contributed by atoms with Crippen molar-refractivity contribution in [3.05, 3.63) is 65.5 Å². The molecule has 1 atom stereocenters. The van der Waals surface area contributed by atoms with Gasteiger partial charge in [0.05, 0.1) is 12.2 Å². The predicted octanol–water partition coefficient (Wildman–Crippen LogP) is 3.87. The molecule has 2 rings (SSSR count). The molecule has 0 radical (unpaired) electrons. The average Bonchev–Trinajstić information content (AvgIpc) is 2.58. The molecule has 0 aliphatic heterocycles. The fourth-order valence-corrected chi connectivity index (χ4v) is 2.26. The first kappa shape index (κ1) is 20.4. The van der Waals surface area contributed by atoms with Gasteiger partial charge in [-0.05, 0) is 37.5 Å². The van der Waals surface area contributed by atoms with Crippen molar-refractivity contribution in [3.8, 4) is 0 Å². The maximum atomic E-state index is 4.60. The Bertz CT molecular complexity index is 611. The number of guanidine groups is 1. The van der Waals surface area contributed by atoms with Crippen molar-refractivity contribution in [3.63, 3.8) is 0 Å². The number of benzene rings is 1. The second-order valence-electron chi connectivity index (χ2n) is 5.71. The van der Waals surface area contributed by atoms with E-state index in [4.69, 9.17) is 0 Å². The molecule has 130 valence electrons. The maximum Gasteiger partial charge on any atom is 0.191 e. The fourth-order valence-electron chi connectivity index (χ4n) is 2.26. The van der Waals surface area contributed by atoms with E-state index in [0.717, 1.165) is 24.7 Å². The van der Waals surface area contributed by atoms with Crippen LogP contribution in [0, 0.1) is 6.92 Å². The molecule has 0 saturated carbocycles. The van der Waals surface area contributed by atoms with Gasteiger partial charge < -0.3 is 10.6 Å². The molecular weight excluding hydrogens is 411 g/mol. The molecule has 1 aromatic carbocycles. The van der Waals surface area contributed by atoms with Gasteiger partial charge in [-0.15, -0.1) is 24.0 Å². The fraction of sp³-hybridized carbons (Fsp3) is 0.368. The van der Waals surface area contributed by atoms with E-state index in [1.807, 2.05) is 18.2 Å². The lowest BCUT2D eigenvalue weighted by molar-refractivity contribution is 0.699. The molecular formula is C19H27IN4. The third-order valence-corrected chi connectivity index (χ3v) is 3.69. The number of hydrogen-bond donors (Lipinski definition) is 2. The Kier molecular flexibility index (Phi) is 9.37. The summed E-state index contributed by atoms with van der Waals surface area (Å²) in [5.41, 5.74) is 3.60. The number of rotatable bonds is 6. The van der Waals surface area contributed by atoms with Gasteiger partial charge in [0, 0.05) is 19.3 Å². The molecule has 1 aromatic heterocycles. The molecule has 2 aromatic rings. The van der Waals surface area contributed by atoms with Crippen molar-refractivity contribution >= 4 is 29.9 Å². The maximum absolute atomic E-state index is 4.60. The number of aliphatic imine (C=N–C) groups is 1. The Hall–Kier alpha value is -1.63. The van der Waals surface area contributed by atoms with Crippen LogP contribution in [0.2, 0.25) is 0 Å². The van der Waals surface area contributed by atoms with Gasteiger partial charge in [0.15, 0.2) is 5.96 Å². The van der Waals surface area contributed by atoms with Crippen LogP contribution in [0.15, 0.2) is 53.7 Å². The normalized spacial score (nSPS) is 12.2. The van der Waals surface area contributed by atoms with Crippen molar-refractivity contribution in [1.82, 2.24) is 15.6 Å². The number of aromatic nitrogens is 1. The monoisotopic (exact) mass is 438 g/mol. The van der Waals surface area contributed by atoms with Crippen molar-refractivity contribution in [2.45, 2.75) is 33.2 Å². The molecule has 4 nitrogen and oxygen atoms in total. The highest BCUT2D eigenvalue weighted by molar-refractivity contribution is 14.0.